The zero-order valence-corrected chi connectivity index (χ0v) is 15.6. The van der Waals surface area contributed by atoms with E-state index in [9.17, 15) is 9.59 Å². The quantitative estimate of drug-likeness (QED) is 0.845. The van der Waals surface area contributed by atoms with Crippen LogP contribution in [-0.4, -0.2) is 42.4 Å². The molecule has 4 heterocycles. The maximum atomic E-state index is 12.8. The largest absolute Gasteiger partial charge is 0.328 e. The number of rotatable bonds is 3. The third-order valence-electron chi connectivity index (χ3n) is 5.40. The fraction of sp³-hybridized carbons (Fsp3) is 0.611. The molecule has 1 unspecified atom stereocenters. The summed E-state index contributed by atoms with van der Waals surface area (Å²) < 4.78 is 2.18. The van der Waals surface area contributed by atoms with Crippen molar-refractivity contribution in [2.45, 2.75) is 64.6 Å². The molecular formula is C18H25N7O2. The van der Waals surface area contributed by atoms with Gasteiger partial charge in [0.15, 0.2) is 5.82 Å². The van der Waals surface area contributed by atoms with Gasteiger partial charge in [-0.1, -0.05) is 13.3 Å². The summed E-state index contributed by atoms with van der Waals surface area (Å²) in [4.78, 5) is 26.1. The number of nitrogens with one attached hydrogen (secondary N) is 2. The van der Waals surface area contributed by atoms with Crippen molar-refractivity contribution >= 4 is 6.03 Å². The van der Waals surface area contributed by atoms with Gasteiger partial charge in [-0.2, -0.15) is 5.10 Å². The number of amides is 2. The van der Waals surface area contributed by atoms with E-state index in [0.29, 0.717) is 19.5 Å². The lowest BCUT2D eigenvalue weighted by molar-refractivity contribution is 0.186. The zero-order valence-electron chi connectivity index (χ0n) is 15.6. The second-order valence-corrected chi connectivity index (χ2v) is 7.22. The standard InChI is InChI=1S/C18H25N7O2/c1-2-13(17-23-21-15-6-4-3-5-8-25(15)17)19-18(27)24-9-7-14-12(11-24)10-16(26)22-20-14/h10,13H,2-9,11H2,1H3,(H,19,27)(H,22,26). The number of hydrogen-bond acceptors (Lipinski definition) is 5. The molecule has 2 aromatic heterocycles. The zero-order chi connectivity index (χ0) is 18.8. The number of hydrogen-bond donors (Lipinski definition) is 2. The first kappa shape index (κ1) is 17.7. The summed E-state index contributed by atoms with van der Waals surface area (Å²) in [5.74, 6) is 1.87. The minimum absolute atomic E-state index is 0.140. The average Bonchev–Trinajstić information content (AvgIpc) is 2.93. The molecule has 2 aliphatic rings. The van der Waals surface area contributed by atoms with E-state index in [1.54, 1.807) is 4.90 Å². The number of aromatic amines is 1. The van der Waals surface area contributed by atoms with Crippen LogP contribution in [0.25, 0.3) is 0 Å². The molecule has 0 aromatic carbocycles. The van der Waals surface area contributed by atoms with E-state index in [-0.39, 0.29) is 17.6 Å². The summed E-state index contributed by atoms with van der Waals surface area (Å²) in [6.07, 6.45) is 5.79. The van der Waals surface area contributed by atoms with Crippen molar-refractivity contribution in [3.63, 3.8) is 0 Å². The van der Waals surface area contributed by atoms with Crippen LogP contribution in [0, 0.1) is 0 Å². The van der Waals surface area contributed by atoms with Gasteiger partial charge < -0.3 is 14.8 Å². The predicted molar refractivity (Wildman–Crippen MR) is 98.1 cm³/mol. The Morgan fingerprint density at radius 1 is 1.26 bits per heavy atom. The Kier molecular flexibility index (Phi) is 4.91. The van der Waals surface area contributed by atoms with Crippen molar-refractivity contribution in [2.75, 3.05) is 6.54 Å². The Balaban J connectivity index is 1.48. The number of fused-ring (bicyclic) bond motifs is 2. The van der Waals surface area contributed by atoms with Crippen LogP contribution in [0.4, 0.5) is 4.79 Å². The first-order chi connectivity index (χ1) is 13.2. The minimum Gasteiger partial charge on any atom is -0.328 e. The molecule has 0 radical (unpaired) electrons. The Morgan fingerprint density at radius 2 is 2.15 bits per heavy atom. The molecule has 0 aliphatic carbocycles. The molecule has 0 spiro atoms. The molecule has 2 aromatic rings. The molecule has 4 rings (SSSR count). The number of carbonyl (C=O) groups is 1. The molecule has 27 heavy (non-hydrogen) atoms. The molecule has 1 atom stereocenters. The number of urea groups is 1. The van der Waals surface area contributed by atoms with E-state index in [0.717, 1.165) is 55.1 Å². The smallest absolute Gasteiger partial charge is 0.318 e. The molecule has 9 heteroatoms. The fourth-order valence-corrected chi connectivity index (χ4v) is 3.88. The highest BCUT2D eigenvalue weighted by atomic mass is 16.2. The highest BCUT2D eigenvalue weighted by molar-refractivity contribution is 5.75. The minimum atomic E-state index is -0.242. The van der Waals surface area contributed by atoms with Gasteiger partial charge in [0.25, 0.3) is 5.56 Å². The summed E-state index contributed by atoms with van der Waals surface area (Å²) >= 11 is 0. The van der Waals surface area contributed by atoms with Gasteiger partial charge in [0.2, 0.25) is 0 Å². The lowest BCUT2D eigenvalue weighted by atomic mass is 10.1. The van der Waals surface area contributed by atoms with Gasteiger partial charge >= 0.3 is 6.03 Å². The Hall–Kier alpha value is -2.71. The first-order valence-corrected chi connectivity index (χ1v) is 9.70. The second kappa shape index (κ2) is 7.50. The van der Waals surface area contributed by atoms with Crippen LogP contribution in [0.5, 0.6) is 0 Å². The molecule has 0 fully saturated rings. The van der Waals surface area contributed by atoms with Crippen LogP contribution in [0.2, 0.25) is 0 Å². The molecule has 0 saturated heterocycles. The Morgan fingerprint density at radius 3 is 3.00 bits per heavy atom. The van der Waals surface area contributed by atoms with Crippen molar-refractivity contribution in [3.05, 3.63) is 39.3 Å². The van der Waals surface area contributed by atoms with Crippen LogP contribution in [0.1, 0.15) is 61.6 Å². The lowest BCUT2D eigenvalue weighted by Crippen LogP contribution is -2.45. The number of aromatic nitrogens is 5. The third kappa shape index (κ3) is 3.58. The van der Waals surface area contributed by atoms with E-state index in [4.69, 9.17) is 0 Å². The van der Waals surface area contributed by atoms with E-state index in [1.165, 1.54) is 12.5 Å². The highest BCUT2D eigenvalue weighted by Gasteiger charge is 2.27. The SMILES string of the molecule is CCC(NC(=O)N1CCc2n[nH]c(=O)cc2C1)c1nnc2n1CCCCC2. The summed E-state index contributed by atoms with van der Waals surface area (Å²) in [6.45, 7) is 3.92. The normalized spacial score (nSPS) is 17.6. The molecule has 0 saturated carbocycles. The summed E-state index contributed by atoms with van der Waals surface area (Å²) in [5.41, 5.74) is 1.42. The number of nitrogens with zero attached hydrogens (tertiary/aromatic N) is 5. The van der Waals surface area contributed by atoms with Crippen LogP contribution in [-0.2, 0) is 25.9 Å². The van der Waals surface area contributed by atoms with Gasteiger partial charge in [0.1, 0.15) is 5.82 Å². The summed E-state index contributed by atoms with van der Waals surface area (Å²) in [5, 5.41) is 18.4. The average molecular weight is 371 g/mol. The molecule has 2 aliphatic heterocycles. The predicted octanol–water partition coefficient (Wildman–Crippen LogP) is 1.31. The topological polar surface area (TPSA) is 109 Å². The lowest BCUT2D eigenvalue weighted by Gasteiger charge is -2.29. The summed E-state index contributed by atoms with van der Waals surface area (Å²) in [6, 6.07) is 1.21. The van der Waals surface area contributed by atoms with Crippen LogP contribution in [0.15, 0.2) is 10.9 Å². The molecule has 2 N–H and O–H groups in total. The van der Waals surface area contributed by atoms with Gasteiger partial charge in [-0.3, -0.25) is 4.79 Å². The van der Waals surface area contributed by atoms with Crippen LogP contribution >= 0.6 is 0 Å². The van der Waals surface area contributed by atoms with E-state index >= 15 is 0 Å². The third-order valence-corrected chi connectivity index (χ3v) is 5.40. The van der Waals surface area contributed by atoms with E-state index < -0.39 is 0 Å². The van der Waals surface area contributed by atoms with Crippen LogP contribution in [0.3, 0.4) is 0 Å². The maximum Gasteiger partial charge on any atom is 0.318 e. The van der Waals surface area contributed by atoms with Crippen molar-refractivity contribution in [1.29, 1.82) is 0 Å². The molecule has 9 nitrogen and oxygen atoms in total. The van der Waals surface area contributed by atoms with Crippen molar-refractivity contribution in [1.82, 2.24) is 35.2 Å². The molecular weight excluding hydrogens is 346 g/mol. The molecule has 2 amide bonds. The number of carbonyl (C=O) groups excluding carboxylic acids is 1. The second-order valence-electron chi connectivity index (χ2n) is 7.22. The molecule has 144 valence electrons. The van der Waals surface area contributed by atoms with Crippen molar-refractivity contribution in [3.8, 4) is 0 Å². The van der Waals surface area contributed by atoms with Crippen molar-refractivity contribution in [2.24, 2.45) is 0 Å². The van der Waals surface area contributed by atoms with Gasteiger partial charge in [-0.15, -0.1) is 10.2 Å². The number of aryl methyl sites for hydroxylation is 1. The van der Waals surface area contributed by atoms with Gasteiger partial charge in [-0.05, 0) is 19.3 Å². The van der Waals surface area contributed by atoms with E-state index in [1.807, 2.05) is 6.92 Å². The summed E-state index contributed by atoms with van der Waals surface area (Å²) in [7, 11) is 0. The van der Waals surface area contributed by atoms with Crippen LogP contribution < -0.4 is 10.9 Å². The molecule has 0 bridgehead atoms. The van der Waals surface area contributed by atoms with Gasteiger partial charge in [0.05, 0.1) is 11.7 Å². The fourth-order valence-electron chi connectivity index (χ4n) is 3.88. The Bertz CT molecular complexity index is 888. The van der Waals surface area contributed by atoms with Crippen molar-refractivity contribution < 1.29 is 4.79 Å². The maximum absolute atomic E-state index is 12.8. The highest BCUT2D eigenvalue weighted by Crippen LogP contribution is 2.22. The van der Waals surface area contributed by atoms with Gasteiger partial charge in [-0.25, -0.2) is 9.89 Å². The monoisotopic (exact) mass is 371 g/mol. The Labute approximate surface area is 157 Å². The number of H-pyrrole nitrogens is 1. The van der Waals surface area contributed by atoms with Gasteiger partial charge in [0, 0.05) is 44.1 Å². The first-order valence-electron chi connectivity index (χ1n) is 9.70. The van der Waals surface area contributed by atoms with E-state index in [2.05, 4.69) is 30.3 Å².